The van der Waals surface area contributed by atoms with Crippen LogP contribution in [0.5, 0.6) is 0 Å². The van der Waals surface area contributed by atoms with Crippen molar-refractivity contribution < 1.29 is 9.90 Å². The van der Waals surface area contributed by atoms with E-state index in [1.54, 1.807) is 17.7 Å². The van der Waals surface area contributed by atoms with E-state index in [0.29, 0.717) is 11.5 Å². The third-order valence-electron chi connectivity index (χ3n) is 7.82. The summed E-state index contributed by atoms with van der Waals surface area (Å²) >= 11 is 0. The van der Waals surface area contributed by atoms with Crippen LogP contribution in [-0.2, 0) is 6.42 Å². The van der Waals surface area contributed by atoms with Gasteiger partial charge in [-0.3, -0.25) is 0 Å². The van der Waals surface area contributed by atoms with Gasteiger partial charge in [0, 0.05) is 0 Å². The minimum atomic E-state index is -0.892. The Bertz CT molecular complexity index is 1090. The Morgan fingerprint density at radius 2 is 1.75 bits per heavy atom. The van der Waals surface area contributed by atoms with Crippen LogP contribution in [-0.4, -0.2) is 11.1 Å². The minimum Gasteiger partial charge on any atom is -0.478 e. The van der Waals surface area contributed by atoms with Crippen LogP contribution in [0.1, 0.15) is 94.5 Å². The Labute approximate surface area is 218 Å². The standard InChI is InChI=1S/C34H44O2/c1-5-12-30(16-8-7-15-29-17-9-13-26(29)4)28(6-2)22-25(3)21-27-14-10-18-31(23-27)32-19-11-20-33(24-32)34(35)36/h9-11,13-14,18-20,23-24,28,30H,3,5-8,12,15-17,21-22H2,1-2,4H3,(H,35,36). The van der Waals surface area contributed by atoms with E-state index in [4.69, 9.17) is 0 Å². The monoisotopic (exact) mass is 484 g/mol. The second-order valence-corrected chi connectivity index (χ2v) is 10.6. The summed E-state index contributed by atoms with van der Waals surface area (Å²) in [7, 11) is 0. The fourth-order valence-electron chi connectivity index (χ4n) is 5.76. The number of carboxylic acids is 1. The summed E-state index contributed by atoms with van der Waals surface area (Å²) in [6.45, 7) is 11.4. The Morgan fingerprint density at radius 1 is 1.00 bits per heavy atom. The number of unbranched alkanes of at least 4 members (excludes halogenated alkanes) is 1. The van der Waals surface area contributed by atoms with Crippen LogP contribution >= 0.6 is 0 Å². The van der Waals surface area contributed by atoms with Gasteiger partial charge in [0.05, 0.1) is 5.56 Å². The molecule has 0 saturated heterocycles. The molecule has 0 aromatic heterocycles. The van der Waals surface area contributed by atoms with Gasteiger partial charge < -0.3 is 5.11 Å². The second-order valence-electron chi connectivity index (χ2n) is 10.6. The van der Waals surface area contributed by atoms with Crippen molar-refractivity contribution in [3.8, 4) is 11.1 Å². The van der Waals surface area contributed by atoms with Crippen molar-refractivity contribution in [1.29, 1.82) is 0 Å². The highest BCUT2D eigenvalue weighted by Gasteiger charge is 2.20. The average Bonchev–Trinajstić information content (AvgIpc) is 3.29. The van der Waals surface area contributed by atoms with Crippen molar-refractivity contribution in [1.82, 2.24) is 0 Å². The van der Waals surface area contributed by atoms with Crippen LogP contribution in [0.2, 0.25) is 0 Å². The molecular weight excluding hydrogens is 440 g/mol. The molecule has 0 saturated carbocycles. The normalized spacial score (nSPS) is 14.8. The van der Waals surface area contributed by atoms with Gasteiger partial charge in [-0.15, -0.1) is 0 Å². The van der Waals surface area contributed by atoms with Crippen molar-refractivity contribution >= 4 is 5.97 Å². The molecule has 0 spiro atoms. The van der Waals surface area contributed by atoms with Crippen molar-refractivity contribution in [3.63, 3.8) is 0 Å². The van der Waals surface area contributed by atoms with Crippen LogP contribution < -0.4 is 0 Å². The SMILES string of the molecule is C=C(Cc1cccc(-c2cccc(C(=O)O)c2)c1)CC(CC)C(CCC)CCCCC1=C(C)C=CC1. The summed E-state index contributed by atoms with van der Waals surface area (Å²) in [5, 5.41) is 9.33. The third kappa shape index (κ3) is 8.08. The molecule has 2 nitrogen and oxygen atoms in total. The molecule has 2 atom stereocenters. The van der Waals surface area contributed by atoms with E-state index in [0.717, 1.165) is 36.3 Å². The van der Waals surface area contributed by atoms with E-state index < -0.39 is 5.97 Å². The van der Waals surface area contributed by atoms with E-state index in [1.807, 2.05) is 12.1 Å². The number of allylic oxidation sites excluding steroid dienone is 5. The summed E-state index contributed by atoms with van der Waals surface area (Å²) in [6.07, 6.45) is 16.7. The van der Waals surface area contributed by atoms with E-state index in [9.17, 15) is 9.90 Å². The maximum atomic E-state index is 11.4. The van der Waals surface area contributed by atoms with Crippen molar-refractivity contribution in [3.05, 3.63) is 95.1 Å². The Balaban J connectivity index is 1.57. The van der Waals surface area contributed by atoms with E-state index >= 15 is 0 Å². The Kier molecular flexibility index (Phi) is 10.8. The Hall–Kier alpha value is -2.87. The molecule has 36 heavy (non-hydrogen) atoms. The number of aromatic carboxylic acids is 1. The zero-order valence-corrected chi connectivity index (χ0v) is 22.6. The van der Waals surface area contributed by atoms with Crippen LogP contribution in [0, 0.1) is 11.8 Å². The van der Waals surface area contributed by atoms with E-state index in [2.05, 4.69) is 63.8 Å². The van der Waals surface area contributed by atoms with Crippen molar-refractivity contribution in [2.45, 2.75) is 85.0 Å². The van der Waals surface area contributed by atoms with Gasteiger partial charge in [0.15, 0.2) is 0 Å². The predicted octanol–water partition coefficient (Wildman–Crippen LogP) is 9.82. The summed E-state index contributed by atoms with van der Waals surface area (Å²) in [4.78, 5) is 11.4. The molecule has 0 radical (unpaired) electrons. The molecule has 2 heteroatoms. The first-order valence-corrected chi connectivity index (χ1v) is 13.9. The molecule has 3 rings (SSSR count). The highest BCUT2D eigenvalue weighted by Crippen LogP contribution is 2.33. The van der Waals surface area contributed by atoms with Gasteiger partial charge in [-0.25, -0.2) is 4.79 Å². The second kappa shape index (κ2) is 14.0. The highest BCUT2D eigenvalue weighted by molar-refractivity contribution is 5.89. The molecule has 2 aromatic rings. The quantitative estimate of drug-likeness (QED) is 0.202. The van der Waals surface area contributed by atoms with Gasteiger partial charge in [-0.1, -0.05) is 118 Å². The van der Waals surface area contributed by atoms with Gasteiger partial charge in [0.2, 0.25) is 0 Å². The fourth-order valence-corrected chi connectivity index (χ4v) is 5.76. The Morgan fingerprint density at radius 3 is 2.42 bits per heavy atom. The zero-order chi connectivity index (χ0) is 25.9. The lowest BCUT2D eigenvalue weighted by Gasteiger charge is -2.27. The van der Waals surface area contributed by atoms with Crippen molar-refractivity contribution in [2.75, 3.05) is 0 Å². The molecule has 2 aromatic carbocycles. The highest BCUT2D eigenvalue weighted by atomic mass is 16.4. The van der Waals surface area contributed by atoms with Crippen LogP contribution in [0.4, 0.5) is 0 Å². The summed E-state index contributed by atoms with van der Waals surface area (Å²) in [5.41, 5.74) is 7.99. The number of benzene rings is 2. The van der Waals surface area contributed by atoms with Crippen LogP contribution in [0.15, 0.2) is 84.0 Å². The molecule has 1 N–H and O–H groups in total. The molecule has 1 aliphatic carbocycles. The van der Waals surface area contributed by atoms with Crippen molar-refractivity contribution in [2.24, 2.45) is 11.8 Å². The van der Waals surface area contributed by atoms with E-state index in [-0.39, 0.29) is 0 Å². The lowest BCUT2D eigenvalue weighted by molar-refractivity contribution is 0.0697. The number of hydrogen-bond donors (Lipinski definition) is 1. The molecule has 0 fully saturated rings. The lowest BCUT2D eigenvalue weighted by Crippen LogP contribution is -2.16. The van der Waals surface area contributed by atoms with Gasteiger partial charge >= 0.3 is 5.97 Å². The van der Waals surface area contributed by atoms with E-state index in [1.165, 1.54) is 61.7 Å². The summed E-state index contributed by atoms with van der Waals surface area (Å²) in [6, 6.07) is 15.6. The maximum absolute atomic E-state index is 11.4. The number of carboxylic acid groups (broad SMARTS) is 1. The first kappa shape index (κ1) is 27.7. The first-order valence-electron chi connectivity index (χ1n) is 13.9. The largest absolute Gasteiger partial charge is 0.478 e. The lowest BCUT2D eigenvalue weighted by atomic mass is 9.78. The molecule has 0 heterocycles. The molecule has 192 valence electrons. The zero-order valence-electron chi connectivity index (χ0n) is 22.6. The molecular formula is C34H44O2. The molecule has 1 aliphatic rings. The maximum Gasteiger partial charge on any atom is 0.335 e. The number of hydrogen-bond acceptors (Lipinski definition) is 1. The average molecular weight is 485 g/mol. The molecule has 0 aliphatic heterocycles. The van der Waals surface area contributed by atoms with Crippen LogP contribution in [0.25, 0.3) is 11.1 Å². The topological polar surface area (TPSA) is 37.3 Å². The van der Waals surface area contributed by atoms with Gasteiger partial charge in [-0.2, -0.15) is 0 Å². The smallest absolute Gasteiger partial charge is 0.335 e. The molecule has 0 bridgehead atoms. The summed E-state index contributed by atoms with van der Waals surface area (Å²) < 4.78 is 0. The van der Waals surface area contributed by atoms with Crippen LogP contribution in [0.3, 0.4) is 0 Å². The molecule has 0 amide bonds. The minimum absolute atomic E-state index is 0.321. The number of rotatable bonds is 15. The third-order valence-corrected chi connectivity index (χ3v) is 7.82. The number of carbonyl (C=O) groups is 1. The first-order chi connectivity index (χ1) is 17.4. The molecule has 2 unspecified atom stereocenters. The fraction of sp³-hybridized carbons (Fsp3) is 0.441. The van der Waals surface area contributed by atoms with Gasteiger partial charge in [0.1, 0.15) is 0 Å². The van der Waals surface area contributed by atoms with Gasteiger partial charge in [-0.05, 0) is 79.7 Å². The summed E-state index contributed by atoms with van der Waals surface area (Å²) in [5.74, 6) is 0.581. The predicted molar refractivity (Wildman–Crippen MR) is 153 cm³/mol. The van der Waals surface area contributed by atoms with Gasteiger partial charge in [0.25, 0.3) is 0 Å².